The zero-order valence-corrected chi connectivity index (χ0v) is 14.6. The Morgan fingerprint density at radius 3 is 2.55 bits per heavy atom. The molecule has 0 saturated heterocycles. The van der Waals surface area contributed by atoms with E-state index in [1.54, 1.807) is 26.2 Å². The average Bonchev–Trinajstić information content (AvgIpc) is 2.72. The van der Waals surface area contributed by atoms with Crippen molar-refractivity contribution < 1.29 is 69.1 Å². The summed E-state index contributed by atoms with van der Waals surface area (Å²) in [5, 5.41) is 7.43. The van der Waals surface area contributed by atoms with Crippen molar-refractivity contribution in [3.05, 3.63) is 35.7 Å². The van der Waals surface area contributed by atoms with Gasteiger partial charge >= 0.3 is 58.4 Å². The zero-order chi connectivity index (χ0) is 14.0. The molecule has 0 bridgehead atoms. The Hall–Kier alpha value is -0.349. The molecule has 4 nitrogen and oxygen atoms in total. The molecule has 0 radical (unpaired) electrons. The standard InChI is InChI=1S/C11H12BF3N3O.K/c1-8-3-4-11(10(5-8)12(13,14)15)19-7-9-6-18(2)17-16-9;/h3-6H,7H2,1-2H3;/q-1;+1. The minimum atomic E-state index is -5.10. The fraction of sp³-hybridized carbons (Fsp3) is 0.273. The quantitative estimate of drug-likeness (QED) is 0.664. The van der Waals surface area contributed by atoms with Gasteiger partial charge in [0.1, 0.15) is 12.3 Å². The molecule has 20 heavy (non-hydrogen) atoms. The van der Waals surface area contributed by atoms with E-state index in [-0.39, 0.29) is 63.7 Å². The van der Waals surface area contributed by atoms with Crippen LogP contribution in [0.3, 0.4) is 0 Å². The molecule has 1 aromatic heterocycles. The van der Waals surface area contributed by atoms with E-state index in [9.17, 15) is 12.9 Å². The smallest absolute Gasteiger partial charge is 0.490 e. The summed E-state index contributed by atoms with van der Waals surface area (Å²) in [7, 11) is 1.67. The number of halogens is 3. The van der Waals surface area contributed by atoms with Gasteiger partial charge in [-0.05, 0) is 13.0 Å². The van der Waals surface area contributed by atoms with E-state index in [0.29, 0.717) is 11.3 Å². The topological polar surface area (TPSA) is 39.9 Å². The second kappa shape index (κ2) is 7.08. The van der Waals surface area contributed by atoms with E-state index in [0.717, 1.165) is 6.07 Å². The first kappa shape index (κ1) is 17.7. The van der Waals surface area contributed by atoms with Gasteiger partial charge in [-0.2, -0.15) is 0 Å². The summed E-state index contributed by atoms with van der Waals surface area (Å²) in [5.74, 6) is -0.177. The van der Waals surface area contributed by atoms with Crippen LogP contribution in [-0.4, -0.2) is 22.0 Å². The average molecular weight is 309 g/mol. The van der Waals surface area contributed by atoms with Gasteiger partial charge in [0.2, 0.25) is 0 Å². The van der Waals surface area contributed by atoms with Crippen molar-refractivity contribution in [3.8, 4) is 5.75 Å². The molecule has 0 aliphatic rings. The van der Waals surface area contributed by atoms with Crippen LogP contribution in [0.1, 0.15) is 11.3 Å². The number of aryl methyl sites for hydroxylation is 2. The molecule has 0 amide bonds. The monoisotopic (exact) mass is 309 g/mol. The van der Waals surface area contributed by atoms with Gasteiger partial charge in [-0.3, -0.25) is 4.68 Å². The Balaban J connectivity index is 0.00000200. The van der Waals surface area contributed by atoms with Crippen LogP contribution in [-0.2, 0) is 13.7 Å². The Morgan fingerprint density at radius 1 is 1.30 bits per heavy atom. The van der Waals surface area contributed by atoms with E-state index < -0.39 is 12.4 Å². The predicted octanol–water partition coefficient (Wildman–Crippen LogP) is -1.24. The van der Waals surface area contributed by atoms with Crippen LogP contribution in [0, 0.1) is 6.92 Å². The third-order valence-corrected chi connectivity index (χ3v) is 2.54. The first-order chi connectivity index (χ1) is 8.86. The first-order valence-corrected chi connectivity index (χ1v) is 5.65. The van der Waals surface area contributed by atoms with E-state index in [1.807, 2.05) is 0 Å². The predicted molar refractivity (Wildman–Crippen MR) is 65.2 cm³/mol. The first-order valence-electron chi connectivity index (χ1n) is 5.65. The van der Waals surface area contributed by atoms with Crippen molar-refractivity contribution >= 4 is 12.4 Å². The van der Waals surface area contributed by atoms with Crippen LogP contribution in [0.4, 0.5) is 12.9 Å². The molecule has 0 atom stereocenters. The second-order valence-electron chi connectivity index (χ2n) is 4.29. The number of hydrogen-bond acceptors (Lipinski definition) is 3. The Kier molecular flexibility index (Phi) is 6.27. The molecule has 0 fully saturated rings. The second-order valence-corrected chi connectivity index (χ2v) is 4.29. The van der Waals surface area contributed by atoms with Gasteiger partial charge in [-0.15, -0.1) is 5.10 Å². The van der Waals surface area contributed by atoms with E-state index >= 15 is 0 Å². The Morgan fingerprint density at radius 2 is 2.00 bits per heavy atom. The number of hydrogen-bond donors (Lipinski definition) is 0. The summed E-state index contributed by atoms with van der Waals surface area (Å²) in [6.45, 7) is -3.54. The fourth-order valence-electron chi connectivity index (χ4n) is 1.67. The van der Waals surface area contributed by atoms with Crippen molar-refractivity contribution in [1.29, 1.82) is 0 Å². The third-order valence-electron chi connectivity index (χ3n) is 2.54. The molecule has 1 heterocycles. The van der Waals surface area contributed by atoms with Gasteiger partial charge < -0.3 is 17.7 Å². The van der Waals surface area contributed by atoms with Gasteiger partial charge in [-0.1, -0.05) is 28.4 Å². The van der Waals surface area contributed by atoms with Crippen LogP contribution in [0.15, 0.2) is 24.4 Å². The normalized spacial score (nSPS) is 11.1. The maximum Gasteiger partial charge on any atom is 1.00 e. The molecule has 0 aliphatic carbocycles. The summed E-state index contributed by atoms with van der Waals surface area (Å²) in [4.78, 5) is 0. The Bertz CT molecular complexity index is 589. The van der Waals surface area contributed by atoms with E-state index in [4.69, 9.17) is 4.74 Å². The summed E-state index contributed by atoms with van der Waals surface area (Å²) < 4.78 is 45.4. The van der Waals surface area contributed by atoms with Crippen LogP contribution in [0.5, 0.6) is 5.75 Å². The molecule has 102 valence electrons. The van der Waals surface area contributed by atoms with Gasteiger partial charge in [0.05, 0.1) is 11.9 Å². The summed E-state index contributed by atoms with van der Waals surface area (Å²) in [6, 6.07) is 4.00. The molecule has 9 heteroatoms. The molecule has 0 aliphatic heterocycles. The summed E-state index contributed by atoms with van der Waals surface area (Å²) >= 11 is 0. The SMILES string of the molecule is Cc1ccc(OCc2cn(C)nn2)c([B-](F)(F)F)c1.[K+]. The zero-order valence-electron chi connectivity index (χ0n) is 11.5. The minimum absolute atomic E-state index is 0. The molecule has 2 aromatic rings. The van der Waals surface area contributed by atoms with Gasteiger partial charge in [0, 0.05) is 7.05 Å². The van der Waals surface area contributed by atoms with Gasteiger partial charge in [0.25, 0.3) is 0 Å². The van der Waals surface area contributed by atoms with Gasteiger partial charge in [0.15, 0.2) is 0 Å². The molecule has 2 rings (SSSR count). The van der Waals surface area contributed by atoms with Crippen molar-refractivity contribution in [3.63, 3.8) is 0 Å². The molecular weight excluding hydrogens is 297 g/mol. The number of aromatic nitrogens is 3. The van der Waals surface area contributed by atoms with Crippen molar-refractivity contribution in [2.24, 2.45) is 7.05 Å². The third kappa shape index (κ3) is 4.59. The van der Waals surface area contributed by atoms with Crippen LogP contribution in [0.25, 0.3) is 0 Å². The van der Waals surface area contributed by atoms with E-state index in [1.165, 1.54) is 10.7 Å². The van der Waals surface area contributed by atoms with Crippen LogP contribution < -0.4 is 61.6 Å². The number of rotatable bonds is 4. The summed E-state index contributed by atoms with van der Waals surface area (Å²) in [6.07, 6.45) is 1.59. The Labute approximate surface area is 157 Å². The molecule has 1 aromatic carbocycles. The maximum atomic E-state index is 12.9. The molecule has 0 unspecified atom stereocenters. The molecular formula is C11H12BF3KN3O. The largest absolute Gasteiger partial charge is 1.00 e. The van der Waals surface area contributed by atoms with Gasteiger partial charge in [-0.25, -0.2) is 0 Å². The van der Waals surface area contributed by atoms with Crippen molar-refractivity contribution in [2.75, 3.05) is 0 Å². The summed E-state index contributed by atoms with van der Waals surface area (Å²) in [5.41, 5.74) is 0.300. The maximum absolute atomic E-state index is 12.9. The molecule has 0 N–H and O–H groups in total. The van der Waals surface area contributed by atoms with Crippen LogP contribution in [0.2, 0.25) is 0 Å². The van der Waals surface area contributed by atoms with Crippen molar-refractivity contribution in [1.82, 2.24) is 15.0 Å². The van der Waals surface area contributed by atoms with E-state index in [2.05, 4.69) is 10.3 Å². The number of nitrogens with zero attached hydrogens (tertiary/aromatic N) is 3. The minimum Gasteiger partial charge on any atom is -0.490 e. The molecule has 0 spiro atoms. The number of benzene rings is 1. The van der Waals surface area contributed by atoms with Crippen molar-refractivity contribution in [2.45, 2.75) is 13.5 Å². The van der Waals surface area contributed by atoms with Crippen LogP contribution >= 0.6 is 0 Å². The molecule has 0 saturated carbocycles. The fourth-order valence-corrected chi connectivity index (χ4v) is 1.67. The number of ether oxygens (including phenoxy) is 1.